The number of anilines is 1. The van der Waals surface area contributed by atoms with Crippen LogP contribution in [0.3, 0.4) is 0 Å². The van der Waals surface area contributed by atoms with E-state index in [0.717, 1.165) is 50.4 Å². The van der Waals surface area contributed by atoms with E-state index in [2.05, 4.69) is 20.2 Å². The number of hydrogen-bond donors (Lipinski definition) is 1. The van der Waals surface area contributed by atoms with Crippen LogP contribution in [0.2, 0.25) is 0 Å². The van der Waals surface area contributed by atoms with Gasteiger partial charge in [-0.25, -0.2) is 9.97 Å². The van der Waals surface area contributed by atoms with Gasteiger partial charge < -0.3 is 10.2 Å². The van der Waals surface area contributed by atoms with Crippen LogP contribution in [-0.4, -0.2) is 35.0 Å². The maximum Gasteiger partial charge on any atom is 0.225 e. The van der Waals surface area contributed by atoms with E-state index in [1.807, 2.05) is 19.2 Å². The Labute approximate surface area is 132 Å². The van der Waals surface area contributed by atoms with E-state index in [9.17, 15) is 4.79 Å². The zero-order chi connectivity index (χ0) is 15.4. The van der Waals surface area contributed by atoms with Crippen LogP contribution in [0, 0.1) is 12.8 Å². The summed E-state index contributed by atoms with van der Waals surface area (Å²) in [5, 5.41) is 3.20. The molecule has 1 aromatic rings. The van der Waals surface area contributed by atoms with Crippen LogP contribution in [0.15, 0.2) is 12.3 Å². The number of aromatic nitrogens is 2. The lowest BCUT2D eigenvalue weighted by atomic mass is 9.93. The molecule has 5 heteroatoms. The molecule has 1 aliphatic carbocycles. The minimum absolute atomic E-state index is 0.247. The summed E-state index contributed by atoms with van der Waals surface area (Å²) in [6.07, 6.45) is 9.45. The Bertz CT molecular complexity index is 505. The SMILES string of the molecule is Cc1ccnc(N2CCC(CC(=O)NC3CCCC3)CC2)n1. The Morgan fingerprint density at radius 1 is 1.27 bits per heavy atom. The van der Waals surface area contributed by atoms with Gasteiger partial charge >= 0.3 is 0 Å². The largest absolute Gasteiger partial charge is 0.353 e. The predicted molar refractivity (Wildman–Crippen MR) is 86.7 cm³/mol. The molecular formula is C17H26N4O. The number of rotatable bonds is 4. The first-order chi connectivity index (χ1) is 10.7. The quantitative estimate of drug-likeness (QED) is 0.928. The fourth-order valence-corrected chi connectivity index (χ4v) is 3.54. The number of piperidine rings is 1. The van der Waals surface area contributed by atoms with Crippen molar-refractivity contribution in [2.75, 3.05) is 18.0 Å². The molecule has 2 aliphatic rings. The standard InChI is InChI=1S/C17H26N4O/c1-13-6-9-18-17(19-13)21-10-7-14(8-11-21)12-16(22)20-15-4-2-3-5-15/h6,9,14-15H,2-5,7-8,10-12H2,1H3,(H,20,22). The van der Waals surface area contributed by atoms with Gasteiger partial charge in [0.25, 0.3) is 0 Å². The van der Waals surface area contributed by atoms with Gasteiger partial charge in [0.1, 0.15) is 0 Å². The van der Waals surface area contributed by atoms with Gasteiger partial charge in [-0.1, -0.05) is 12.8 Å². The summed E-state index contributed by atoms with van der Waals surface area (Å²) >= 11 is 0. The molecule has 1 N–H and O–H groups in total. The molecular weight excluding hydrogens is 276 g/mol. The lowest BCUT2D eigenvalue weighted by Gasteiger charge is -2.32. The molecule has 0 aromatic carbocycles. The average molecular weight is 302 g/mol. The summed E-state index contributed by atoms with van der Waals surface area (Å²) in [4.78, 5) is 23.2. The predicted octanol–water partition coefficient (Wildman–Crippen LogP) is 2.45. The van der Waals surface area contributed by atoms with E-state index in [1.54, 1.807) is 0 Å². The highest BCUT2D eigenvalue weighted by Crippen LogP contribution is 2.24. The van der Waals surface area contributed by atoms with Crippen LogP contribution >= 0.6 is 0 Å². The Morgan fingerprint density at radius 2 is 2.00 bits per heavy atom. The van der Waals surface area contributed by atoms with E-state index in [0.29, 0.717) is 18.4 Å². The second-order valence-corrected chi connectivity index (χ2v) is 6.68. The number of hydrogen-bond acceptors (Lipinski definition) is 4. The highest BCUT2D eigenvalue weighted by Gasteiger charge is 2.24. The Morgan fingerprint density at radius 3 is 2.68 bits per heavy atom. The third kappa shape index (κ3) is 3.96. The number of carbonyl (C=O) groups is 1. The molecule has 22 heavy (non-hydrogen) atoms. The summed E-state index contributed by atoms with van der Waals surface area (Å²) in [5.41, 5.74) is 1.00. The first-order valence-electron chi connectivity index (χ1n) is 8.54. The summed E-state index contributed by atoms with van der Waals surface area (Å²) in [6.45, 7) is 3.89. The summed E-state index contributed by atoms with van der Waals surface area (Å²) in [6, 6.07) is 2.36. The summed E-state index contributed by atoms with van der Waals surface area (Å²) < 4.78 is 0. The molecule has 0 spiro atoms. The lowest BCUT2D eigenvalue weighted by Crippen LogP contribution is -2.38. The fourth-order valence-electron chi connectivity index (χ4n) is 3.54. The average Bonchev–Trinajstić information content (AvgIpc) is 3.01. The van der Waals surface area contributed by atoms with E-state index in [-0.39, 0.29) is 5.91 Å². The van der Waals surface area contributed by atoms with E-state index in [1.165, 1.54) is 12.8 Å². The molecule has 0 radical (unpaired) electrons. The van der Waals surface area contributed by atoms with Crippen molar-refractivity contribution in [1.29, 1.82) is 0 Å². The van der Waals surface area contributed by atoms with Crippen LogP contribution in [0.5, 0.6) is 0 Å². The second kappa shape index (κ2) is 7.07. The maximum absolute atomic E-state index is 12.1. The zero-order valence-corrected chi connectivity index (χ0v) is 13.4. The van der Waals surface area contributed by atoms with Crippen molar-refractivity contribution < 1.29 is 4.79 Å². The van der Waals surface area contributed by atoms with Gasteiger partial charge in [0, 0.05) is 37.4 Å². The molecule has 2 fully saturated rings. The zero-order valence-electron chi connectivity index (χ0n) is 13.4. The minimum Gasteiger partial charge on any atom is -0.353 e. The lowest BCUT2D eigenvalue weighted by molar-refractivity contribution is -0.122. The number of nitrogens with zero attached hydrogens (tertiary/aromatic N) is 3. The van der Waals surface area contributed by atoms with Gasteiger partial charge in [0.15, 0.2) is 0 Å². The Kier molecular flexibility index (Phi) is 4.90. The van der Waals surface area contributed by atoms with Crippen LogP contribution in [-0.2, 0) is 4.79 Å². The third-order valence-electron chi connectivity index (χ3n) is 4.87. The van der Waals surface area contributed by atoms with E-state index in [4.69, 9.17) is 0 Å². The molecule has 1 amide bonds. The molecule has 0 unspecified atom stereocenters. The van der Waals surface area contributed by atoms with Crippen LogP contribution < -0.4 is 10.2 Å². The minimum atomic E-state index is 0.247. The van der Waals surface area contributed by atoms with E-state index < -0.39 is 0 Å². The number of nitrogens with one attached hydrogen (secondary N) is 1. The molecule has 0 bridgehead atoms. The van der Waals surface area contributed by atoms with Gasteiger partial charge in [-0.15, -0.1) is 0 Å². The molecule has 120 valence electrons. The Balaban J connectivity index is 1.44. The third-order valence-corrected chi connectivity index (χ3v) is 4.87. The molecule has 0 atom stereocenters. The Hall–Kier alpha value is -1.65. The van der Waals surface area contributed by atoms with Gasteiger partial charge in [-0.2, -0.15) is 0 Å². The van der Waals surface area contributed by atoms with Gasteiger partial charge in [0.2, 0.25) is 11.9 Å². The van der Waals surface area contributed by atoms with Gasteiger partial charge in [0.05, 0.1) is 0 Å². The van der Waals surface area contributed by atoms with Crippen molar-refractivity contribution >= 4 is 11.9 Å². The molecule has 1 aliphatic heterocycles. The normalized spacial score (nSPS) is 20.3. The van der Waals surface area contributed by atoms with Crippen LogP contribution in [0.25, 0.3) is 0 Å². The summed E-state index contributed by atoms with van der Waals surface area (Å²) in [7, 11) is 0. The summed E-state index contributed by atoms with van der Waals surface area (Å²) in [5.74, 6) is 1.58. The molecule has 1 saturated heterocycles. The van der Waals surface area contributed by atoms with Gasteiger partial charge in [-0.05, 0) is 44.6 Å². The number of aryl methyl sites for hydroxylation is 1. The fraction of sp³-hybridized carbons (Fsp3) is 0.706. The molecule has 1 aromatic heterocycles. The first-order valence-corrected chi connectivity index (χ1v) is 8.54. The van der Waals surface area contributed by atoms with Gasteiger partial charge in [-0.3, -0.25) is 4.79 Å². The van der Waals surface area contributed by atoms with E-state index >= 15 is 0 Å². The monoisotopic (exact) mass is 302 g/mol. The maximum atomic E-state index is 12.1. The second-order valence-electron chi connectivity index (χ2n) is 6.68. The van der Waals surface area contributed by atoms with Crippen LogP contribution in [0.4, 0.5) is 5.95 Å². The highest BCUT2D eigenvalue weighted by molar-refractivity contribution is 5.76. The highest BCUT2D eigenvalue weighted by atomic mass is 16.1. The first kappa shape index (κ1) is 15.3. The number of carbonyl (C=O) groups excluding carboxylic acids is 1. The topological polar surface area (TPSA) is 58.1 Å². The smallest absolute Gasteiger partial charge is 0.225 e. The molecule has 3 rings (SSSR count). The van der Waals surface area contributed by atoms with Crippen molar-refractivity contribution in [3.8, 4) is 0 Å². The van der Waals surface area contributed by atoms with Crippen LogP contribution in [0.1, 0.15) is 50.6 Å². The molecule has 5 nitrogen and oxygen atoms in total. The van der Waals surface area contributed by atoms with Crippen molar-refractivity contribution in [3.05, 3.63) is 18.0 Å². The molecule has 2 heterocycles. The number of amides is 1. The molecule has 1 saturated carbocycles. The van der Waals surface area contributed by atoms with Crippen molar-refractivity contribution in [3.63, 3.8) is 0 Å². The van der Waals surface area contributed by atoms with Crippen molar-refractivity contribution in [2.45, 2.75) is 57.9 Å². The van der Waals surface area contributed by atoms with Crippen molar-refractivity contribution in [2.24, 2.45) is 5.92 Å². The van der Waals surface area contributed by atoms with Crippen molar-refractivity contribution in [1.82, 2.24) is 15.3 Å².